The van der Waals surface area contributed by atoms with Crippen LogP contribution in [0.25, 0.3) is 10.9 Å². The van der Waals surface area contributed by atoms with Gasteiger partial charge in [0.2, 0.25) is 0 Å². The van der Waals surface area contributed by atoms with E-state index in [9.17, 15) is 4.79 Å². The minimum Gasteiger partial charge on any atom is -0.445 e. The van der Waals surface area contributed by atoms with Crippen molar-refractivity contribution >= 4 is 28.6 Å². The number of aromatic amines is 1. The quantitative estimate of drug-likeness (QED) is 0.246. The van der Waals surface area contributed by atoms with Crippen molar-refractivity contribution < 1.29 is 19.0 Å². The summed E-state index contributed by atoms with van der Waals surface area (Å²) in [6, 6.07) is 23.4. The van der Waals surface area contributed by atoms with Gasteiger partial charge in [-0.3, -0.25) is 4.90 Å². The van der Waals surface area contributed by atoms with Crippen molar-refractivity contribution in [3.8, 4) is 0 Å². The summed E-state index contributed by atoms with van der Waals surface area (Å²) in [5, 5.41) is 1.79. The van der Waals surface area contributed by atoms with Crippen LogP contribution >= 0.6 is 11.6 Å². The van der Waals surface area contributed by atoms with Crippen molar-refractivity contribution in [2.24, 2.45) is 0 Å². The minimum absolute atomic E-state index is 0.230. The van der Waals surface area contributed by atoms with E-state index in [1.807, 2.05) is 72.8 Å². The van der Waals surface area contributed by atoms with Crippen LogP contribution < -0.4 is 0 Å². The third-order valence-corrected chi connectivity index (χ3v) is 6.53. The maximum absolute atomic E-state index is 13.3. The number of rotatable bonds is 7. The molecule has 1 unspecified atom stereocenters. The summed E-state index contributed by atoms with van der Waals surface area (Å²) in [6.45, 7) is 1.47. The van der Waals surface area contributed by atoms with E-state index in [0.717, 1.165) is 39.7 Å². The number of hydrogen-bond donors (Lipinski definition) is 1. The first-order valence-corrected chi connectivity index (χ1v) is 11.9. The molecular weight excluding hydrogens is 464 g/mol. The Morgan fingerprint density at radius 1 is 1.03 bits per heavy atom. The Morgan fingerprint density at radius 3 is 2.57 bits per heavy atom. The largest absolute Gasteiger partial charge is 0.445 e. The summed E-state index contributed by atoms with van der Waals surface area (Å²) in [5.41, 5.74) is 6.17. The first-order chi connectivity index (χ1) is 17.1. The molecule has 2 heterocycles. The van der Waals surface area contributed by atoms with Crippen LogP contribution in [0.4, 0.5) is 4.79 Å². The standard InChI is InChI=1S/C28H27ClN2O4/c1-33-18-34-16-20-7-9-21(10-8-20)27-26-23(24-15-22(29)11-12-25(24)30-26)13-14-31(27)28(32)35-17-19-5-3-2-4-6-19/h2-12,15,27,30H,13-14,16-18H2,1H3. The highest BCUT2D eigenvalue weighted by atomic mass is 35.5. The number of nitrogens with zero attached hydrogens (tertiary/aromatic N) is 1. The number of benzene rings is 3. The van der Waals surface area contributed by atoms with Gasteiger partial charge in [0, 0.05) is 35.3 Å². The van der Waals surface area contributed by atoms with Crippen LogP contribution in [-0.4, -0.2) is 36.4 Å². The van der Waals surface area contributed by atoms with Crippen LogP contribution in [0.5, 0.6) is 0 Å². The van der Waals surface area contributed by atoms with Gasteiger partial charge >= 0.3 is 6.09 Å². The Morgan fingerprint density at radius 2 is 1.80 bits per heavy atom. The second kappa shape index (κ2) is 10.5. The van der Waals surface area contributed by atoms with Gasteiger partial charge in [0.05, 0.1) is 6.61 Å². The molecule has 1 aliphatic rings. The molecule has 3 aromatic carbocycles. The molecule has 0 radical (unpaired) electrons. The zero-order valence-corrected chi connectivity index (χ0v) is 20.3. The van der Waals surface area contributed by atoms with Gasteiger partial charge < -0.3 is 19.2 Å². The minimum atomic E-state index is -0.339. The Labute approximate surface area is 209 Å². The fourth-order valence-electron chi connectivity index (χ4n) is 4.65. The van der Waals surface area contributed by atoms with Crippen molar-refractivity contribution in [3.63, 3.8) is 0 Å². The second-order valence-corrected chi connectivity index (χ2v) is 9.03. The number of carbonyl (C=O) groups excluding carboxylic acids is 1. The van der Waals surface area contributed by atoms with Gasteiger partial charge in [0.25, 0.3) is 0 Å². The summed E-state index contributed by atoms with van der Waals surface area (Å²) in [7, 11) is 1.60. The van der Waals surface area contributed by atoms with Gasteiger partial charge in [-0.05, 0) is 46.9 Å². The lowest BCUT2D eigenvalue weighted by Crippen LogP contribution is -2.40. The Bertz CT molecular complexity index is 1300. The molecule has 0 fully saturated rings. The summed E-state index contributed by atoms with van der Waals surface area (Å²) in [5.74, 6) is 0. The molecule has 6 nitrogen and oxygen atoms in total. The first-order valence-electron chi connectivity index (χ1n) is 11.6. The maximum atomic E-state index is 13.3. The molecule has 4 aromatic rings. The van der Waals surface area contributed by atoms with Gasteiger partial charge in [-0.25, -0.2) is 4.79 Å². The van der Waals surface area contributed by atoms with E-state index < -0.39 is 0 Å². The Kier molecular flexibility index (Phi) is 7.04. The molecule has 180 valence electrons. The van der Waals surface area contributed by atoms with Gasteiger partial charge in [-0.1, -0.05) is 66.2 Å². The molecule has 0 saturated carbocycles. The molecule has 5 rings (SSSR count). The van der Waals surface area contributed by atoms with E-state index in [2.05, 4.69) is 4.98 Å². The van der Waals surface area contributed by atoms with Crippen molar-refractivity contribution in [1.29, 1.82) is 0 Å². The van der Waals surface area contributed by atoms with Crippen LogP contribution in [0.15, 0.2) is 72.8 Å². The topological polar surface area (TPSA) is 63.8 Å². The van der Waals surface area contributed by atoms with E-state index in [-0.39, 0.29) is 25.5 Å². The molecule has 0 saturated heterocycles. The Hall–Kier alpha value is -3.32. The highest BCUT2D eigenvalue weighted by Crippen LogP contribution is 2.39. The van der Waals surface area contributed by atoms with E-state index in [1.54, 1.807) is 12.0 Å². The van der Waals surface area contributed by atoms with E-state index >= 15 is 0 Å². The molecule has 7 heteroatoms. The fourth-order valence-corrected chi connectivity index (χ4v) is 4.82. The molecule has 1 atom stereocenters. The molecular formula is C28H27ClN2O4. The number of H-pyrrole nitrogens is 1. The number of ether oxygens (including phenoxy) is 3. The first kappa shape index (κ1) is 23.4. The number of methoxy groups -OCH3 is 1. The molecule has 1 amide bonds. The summed E-state index contributed by atoms with van der Waals surface area (Å²) in [4.78, 5) is 18.7. The van der Waals surface area contributed by atoms with E-state index in [4.69, 9.17) is 25.8 Å². The summed E-state index contributed by atoms with van der Waals surface area (Å²) in [6.07, 6.45) is 0.379. The molecule has 1 N–H and O–H groups in total. The number of aromatic nitrogens is 1. The van der Waals surface area contributed by atoms with Crippen LogP contribution in [-0.2, 0) is 33.8 Å². The lowest BCUT2D eigenvalue weighted by Gasteiger charge is -2.35. The van der Waals surface area contributed by atoms with Crippen molar-refractivity contribution in [2.45, 2.75) is 25.7 Å². The number of amides is 1. The third kappa shape index (κ3) is 5.05. The van der Waals surface area contributed by atoms with Gasteiger partial charge in [0.1, 0.15) is 19.4 Å². The highest BCUT2D eigenvalue weighted by Gasteiger charge is 2.35. The van der Waals surface area contributed by atoms with Gasteiger partial charge in [0.15, 0.2) is 0 Å². The zero-order valence-electron chi connectivity index (χ0n) is 19.5. The lowest BCUT2D eigenvalue weighted by atomic mass is 9.92. The number of nitrogens with one attached hydrogen (secondary N) is 1. The van der Waals surface area contributed by atoms with Gasteiger partial charge in [-0.2, -0.15) is 0 Å². The predicted molar refractivity (Wildman–Crippen MR) is 135 cm³/mol. The number of halogens is 1. The van der Waals surface area contributed by atoms with Crippen molar-refractivity contribution in [2.75, 3.05) is 20.4 Å². The average molecular weight is 491 g/mol. The van der Waals surface area contributed by atoms with Crippen LogP contribution in [0.1, 0.15) is 34.0 Å². The Balaban J connectivity index is 1.47. The van der Waals surface area contributed by atoms with E-state index in [0.29, 0.717) is 18.2 Å². The molecule has 0 aliphatic carbocycles. The predicted octanol–water partition coefficient (Wildman–Crippen LogP) is 6.23. The smallest absolute Gasteiger partial charge is 0.410 e. The van der Waals surface area contributed by atoms with Crippen molar-refractivity contribution in [3.05, 3.63) is 106 Å². The number of carbonyl (C=O) groups is 1. The van der Waals surface area contributed by atoms with Crippen LogP contribution in [0, 0.1) is 0 Å². The number of hydrogen-bond acceptors (Lipinski definition) is 4. The maximum Gasteiger partial charge on any atom is 0.410 e. The molecule has 35 heavy (non-hydrogen) atoms. The van der Waals surface area contributed by atoms with Crippen molar-refractivity contribution in [1.82, 2.24) is 9.88 Å². The zero-order chi connectivity index (χ0) is 24.2. The average Bonchev–Trinajstić information content (AvgIpc) is 3.26. The SMILES string of the molecule is COCOCc1ccc(C2c3[nH]c4ccc(Cl)cc4c3CCN2C(=O)OCc2ccccc2)cc1. The lowest BCUT2D eigenvalue weighted by molar-refractivity contribution is -0.0390. The highest BCUT2D eigenvalue weighted by molar-refractivity contribution is 6.31. The summed E-state index contributed by atoms with van der Waals surface area (Å²) < 4.78 is 16.2. The fraction of sp³-hybridized carbons (Fsp3) is 0.250. The number of fused-ring (bicyclic) bond motifs is 3. The van der Waals surface area contributed by atoms with Crippen LogP contribution in [0.2, 0.25) is 5.02 Å². The molecule has 1 aliphatic heterocycles. The second-order valence-electron chi connectivity index (χ2n) is 8.59. The summed E-state index contributed by atoms with van der Waals surface area (Å²) >= 11 is 6.30. The molecule has 0 bridgehead atoms. The van der Waals surface area contributed by atoms with Gasteiger partial charge in [-0.15, -0.1) is 0 Å². The molecule has 1 aromatic heterocycles. The normalized spacial score (nSPS) is 15.3. The molecule has 0 spiro atoms. The third-order valence-electron chi connectivity index (χ3n) is 6.29. The van der Waals surface area contributed by atoms with E-state index in [1.165, 1.54) is 5.56 Å². The van der Waals surface area contributed by atoms with Crippen LogP contribution in [0.3, 0.4) is 0 Å². The monoisotopic (exact) mass is 490 g/mol.